The second-order valence-corrected chi connectivity index (χ2v) is 7.05. The maximum atomic E-state index is 12.7. The maximum absolute atomic E-state index is 12.7. The van der Waals surface area contributed by atoms with Crippen molar-refractivity contribution < 1.29 is 4.79 Å². The van der Waals surface area contributed by atoms with Crippen LogP contribution >= 0.6 is 11.6 Å². The van der Waals surface area contributed by atoms with Crippen molar-refractivity contribution in [3.05, 3.63) is 34.9 Å². The summed E-state index contributed by atoms with van der Waals surface area (Å²) in [7, 11) is 0. The highest BCUT2D eigenvalue weighted by atomic mass is 35.5. The summed E-state index contributed by atoms with van der Waals surface area (Å²) in [6.07, 6.45) is 3.59. The molecule has 2 nitrogen and oxygen atoms in total. The van der Waals surface area contributed by atoms with E-state index >= 15 is 0 Å². The second-order valence-electron chi connectivity index (χ2n) is 6.61. The fourth-order valence-electron chi connectivity index (χ4n) is 3.50. The number of halogens is 1. The van der Waals surface area contributed by atoms with E-state index in [0.717, 1.165) is 35.3 Å². The minimum atomic E-state index is 0.235. The largest absolute Gasteiger partial charge is 0.336 e. The molecule has 2 atom stereocenters. The van der Waals surface area contributed by atoms with Crippen LogP contribution < -0.4 is 0 Å². The quantitative estimate of drug-likeness (QED) is 0.817. The van der Waals surface area contributed by atoms with E-state index in [1.807, 2.05) is 29.2 Å². The highest BCUT2D eigenvalue weighted by Gasteiger charge is 2.48. The molecule has 0 N–H and O–H groups in total. The Morgan fingerprint density at radius 1 is 1.30 bits per heavy atom. The van der Waals surface area contributed by atoms with Gasteiger partial charge in [-0.15, -0.1) is 0 Å². The molecule has 0 aromatic heterocycles. The van der Waals surface area contributed by atoms with Crippen molar-refractivity contribution in [2.24, 2.45) is 17.8 Å². The van der Waals surface area contributed by atoms with Crippen molar-refractivity contribution >= 4 is 17.5 Å². The van der Waals surface area contributed by atoms with Gasteiger partial charge in [-0.25, -0.2) is 0 Å². The Bertz CT molecular complexity index is 503. The zero-order chi connectivity index (χ0) is 14.3. The molecule has 3 heteroatoms. The van der Waals surface area contributed by atoms with Crippen molar-refractivity contribution in [1.82, 2.24) is 4.90 Å². The summed E-state index contributed by atoms with van der Waals surface area (Å²) < 4.78 is 0. The van der Waals surface area contributed by atoms with Gasteiger partial charge in [0.1, 0.15) is 0 Å². The van der Waals surface area contributed by atoms with Crippen molar-refractivity contribution in [2.75, 3.05) is 0 Å². The molecule has 1 aromatic rings. The summed E-state index contributed by atoms with van der Waals surface area (Å²) in [4.78, 5) is 14.8. The van der Waals surface area contributed by atoms with E-state index in [1.165, 1.54) is 6.42 Å². The minimum absolute atomic E-state index is 0.235. The lowest BCUT2D eigenvalue weighted by Gasteiger charge is -2.30. The normalized spacial score (nSPS) is 27.5. The summed E-state index contributed by atoms with van der Waals surface area (Å²) in [5, 5.41) is 0.737. The first-order valence-electron chi connectivity index (χ1n) is 7.59. The number of carbonyl (C=O) groups is 1. The lowest BCUT2D eigenvalue weighted by Crippen LogP contribution is -2.40. The number of rotatable bonds is 4. The van der Waals surface area contributed by atoms with Gasteiger partial charge in [0.2, 0.25) is 5.91 Å². The maximum Gasteiger partial charge on any atom is 0.226 e. The van der Waals surface area contributed by atoms with E-state index in [2.05, 4.69) is 13.8 Å². The highest BCUT2D eigenvalue weighted by molar-refractivity contribution is 6.30. The Kier molecular flexibility index (Phi) is 3.76. The summed E-state index contributed by atoms with van der Waals surface area (Å²) in [5.41, 5.74) is 1.11. The number of hydrogen-bond acceptors (Lipinski definition) is 1. The average molecular weight is 292 g/mol. The number of hydrogen-bond donors (Lipinski definition) is 0. The van der Waals surface area contributed by atoms with E-state index in [1.54, 1.807) is 0 Å². The molecule has 0 heterocycles. The third kappa shape index (κ3) is 2.85. The van der Waals surface area contributed by atoms with Crippen LogP contribution in [0, 0.1) is 17.8 Å². The lowest BCUT2D eigenvalue weighted by molar-refractivity contribution is -0.138. The lowest BCUT2D eigenvalue weighted by atomic mass is 10.0. The van der Waals surface area contributed by atoms with E-state index in [4.69, 9.17) is 11.6 Å². The van der Waals surface area contributed by atoms with Crippen LogP contribution in [0.4, 0.5) is 0 Å². The molecule has 0 spiro atoms. The molecule has 2 unspecified atom stereocenters. The van der Waals surface area contributed by atoms with Gasteiger partial charge in [0, 0.05) is 23.5 Å². The molecular weight excluding hydrogens is 270 g/mol. The van der Waals surface area contributed by atoms with Crippen LogP contribution in [0.2, 0.25) is 5.02 Å². The zero-order valence-electron chi connectivity index (χ0n) is 12.2. The van der Waals surface area contributed by atoms with Crippen LogP contribution in [-0.2, 0) is 11.3 Å². The number of nitrogens with zero attached hydrogens (tertiary/aromatic N) is 1. The van der Waals surface area contributed by atoms with Crippen molar-refractivity contribution in [2.45, 2.75) is 45.7 Å². The number of benzene rings is 1. The van der Waals surface area contributed by atoms with E-state index < -0.39 is 0 Å². The fraction of sp³-hybridized carbons (Fsp3) is 0.588. The fourth-order valence-corrected chi connectivity index (χ4v) is 3.71. The Morgan fingerprint density at radius 2 is 2.00 bits per heavy atom. The van der Waals surface area contributed by atoms with Crippen molar-refractivity contribution in [3.63, 3.8) is 0 Å². The summed E-state index contributed by atoms with van der Waals surface area (Å²) in [6, 6.07) is 8.05. The Balaban J connectivity index is 1.70. The summed E-state index contributed by atoms with van der Waals surface area (Å²) in [5.74, 6) is 2.31. The Labute approximate surface area is 126 Å². The topological polar surface area (TPSA) is 20.3 Å². The molecule has 1 amide bonds. The van der Waals surface area contributed by atoms with Crippen LogP contribution in [0.1, 0.15) is 38.7 Å². The molecule has 0 bridgehead atoms. The molecular formula is C17H22ClNO. The van der Waals surface area contributed by atoms with Crippen molar-refractivity contribution in [3.8, 4) is 0 Å². The van der Waals surface area contributed by atoms with Crippen molar-refractivity contribution in [1.29, 1.82) is 0 Å². The first-order valence-corrected chi connectivity index (χ1v) is 7.97. The Hall–Kier alpha value is -1.02. The number of fused-ring (bicyclic) bond motifs is 1. The molecule has 2 saturated carbocycles. The predicted octanol–water partition coefficient (Wildman–Crippen LogP) is 4.12. The van der Waals surface area contributed by atoms with Gasteiger partial charge in [0.05, 0.1) is 0 Å². The third-order valence-corrected chi connectivity index (χ3v) is 4.98. The van der Waals surface area contributed by atoms with Gasteiger partial charge in [0.15, 0.2) is 0 Å². The van der Waals surface area contributed by atoms with Crippen LogP contribution in [-0.4, -0.2) is 16.8 Å². The third-order valence-electron chi connectivity index (χ3n) is 4.74. The molecule has 2 fully saturated rings. The van der Waals surface area contributed by atoms with Crippen LogP contribution in [0.5, 0.6) is 0 Å². The van der Waals surface area contributed by atoms with E-state index in [0.29, 0.717) is 12.5 Å². The number of amides is 1. The SMILES string of the molecule is CC(C)N(Cc1cccc(Cl)c1)C(=O)C1CC2CC2C1. The molecule has 0 aliphatic heterocycles. The summed E-state index contributed by atoms with van der Waals surface area (Å²) >= 11 is 6.04. The van der Waals surface area contributed by atoms with Gasteiger partial charge in [-0.3, -0.25) is 4.79 Å². The summed E-state index contributed by atoms with van der Waals surface area (Å²) in [6.45, 7) is 4.86. The highest BCUT2D eigenvalue weighted by Crippen LogP contribution is 2.54. The van der Waals surface area contributed by atoms with Gasteiger partial charge in [-0.1, -0.05) is 23.7 Å². The smallest absolute Gasteiger partial charge is 0.226 e. The zero-order valence-corrected chi connectivity index (χ0v) is 12.9. The number of carbonyl (C=O) groups excluding carboxylic acids is 1. The standard InChI is InChI=1S/C17H22ClNO/c1-11(2)19(10-12-4-3-5-16(18)6-12)17(20)15-8-13-7-14(13)9-15/h3-6,11,13-15H,7-10H2,1-2H3. The van der Waals surface area contributed by atoms with Gasteiger partial charge < -0.3 is 4.90 Å². The Morgan fingerprint density at radius 3 is 2.60 bits per heavy atom. The molecule has 2 aliphatic carbocycles. The monoisotopic (exact) mass is 291 g/mol. The molecule has 20 heavy (non-hydrogen) atoms. The predicted molar refractivity (Wildman–Crippen MR) is 81.5 cm³/mol. The van der Waals surface area contributed by atoms with Gasteiger partial charge in [0.25, 0.3) is 0 Å². The molecule has 0 saturated heterocycles. The van der Waals surface area contributed by atoms with Gasteiger partial charge >= 0.3 is 0 Å². The van der Waals surface area contributed by atoms with E-state index in [9.17, 15) is 4.79 Å². The van der Waals surface area contributed by atoms with Gasteiger partial charge in [-0.2, -0.15) is 0 Å². The van der Waals surface area contributed by atoms with E-state index in [-0.39, 0.29) is 12.0 Å². The molecule has 108 valence electrons. The van der Waals surface area contributed by atoms with Crippen LogP contribution in [0.3, 0.4) is 0 Å². The van der Waals surface area contributed by atoms with Gasteiger partial charge in [-0.05, 0) is 62.6 Å². The molecule has 0 radical (unpaired) electrons. The first-order chi connectivity index (χ1) is 9.54. The first kappa shape index (κ1) is 13.9. The molecule has 3 rings (SSSR count). The molecule has 1 aromatic carbocycles. The van der Waals surface area contributed by atoms with Crippen LogP contribution in [0.25, 0.3) is 0 Å². The second kappa shape index (κ2) is 5.40. The molecule has 2 aliphatic rings. The minimum Gasteiger partial charge on any atom is -0.336 e. The average Bonchev–Trinajstić information content (AvgIpc) is 3.01. The van der Waals surface area contributed by atoms with Crippen LogP contribution in [0.15, 0.2) is 24.3 Å².